The minimum absolute atomic E-state index is 0.129. The zero-order valence-electron chi connectivity index (χ0n) is 15.0. The van der Waals surface area contributed by atoms with Gasteiger partial charge in [0.2, 0.25) is 11.8 Å². The highest BCUT2D eigenvalue weighted by atomic mass is 19.2. The van der Waals surface area contributed by atoms with E-state index in [0.717, 1.165) is 31.5 Å². The van der Waals surface area contributed by atoms with Crippen molar-refractivity contribution in [2.45, 2.75) is 51.5 Å². The van der Waals surface area contributed by atoms with Crippen LogP contribution >= 0.6 is 0 Å². The molecule has 1 aliphatic heterocycles. The van der Waals surface area contributed by atoms with Crippen molar-refractivity contribution < 1.29 is 18.4 Å². The van der Waals surface area contributed by atoms with Crippen molar-refractivity contribution >= 4 is 11.8 Å². The van der Waals surface area contributed by atoms with Gasteiger partial charge in [0.15, 0.2) is 11.6 Å². The zero-order chi connectivity index (χ0) is 18.5. The molecule has 1 aliphatic carbocycles. The number of likely N-dealkylation sites (tertiary alicyclic amines) is 1. The summed E-state index contributed by atoms with van der Waals surface area (Å²) in [6.07, 6.45) is 7.00. The summed E-state index contributed by atoms with van der Waals surface area (Å²) in [4.78, 5) is 26.5. The average Bonchev–Trinajstić information content (AvgIpc) is 2.65. The fraction of sp³-hybridized carbons (Fsp3) is 0.600. The van der Waals surface area contributed by atoms with Crippen molar-refractivity contribution in [1.82, 2.24) is 10.2 Å². The van der Waals surface area contributed by atoms with Crippen LogP contribution in [0.5, 0.6) is 0 Å². The molecule has 2 fully saturated rings. The van der Waals surface area contributed by atoms with Gasteiger partial charge in [-0.25, -0.2) is 8.78 Å². The molecule has 0 unspecified atom stereocenters. The number of benzene rings is 1. The molecule has 0 aromatic heterocycles. The summed E-state index contributed by atoms with van der Waals surface area (Å²) in [5.74, 6) is -1.49. The Bertz CT molecular complexity index is 659. The molecule has 1 saturated heterocycles. The Balaban J connectivity index is 1.51. The van der Waals surface area contributed by atoms with Crippen LogP contribution in [0.15, 0.2) is 18.2 Å². The Morgan fingerprint density at radius 1 is 1.12 bits per heavy atom. The summed E-state index contributed by atoms with van der Waals surface area (Å²) in [6, 6.07) is 3.61. The number of carbonyl (C=O) groups excluding carboxylic acids is 2. The molecule has 142 valence electrons. The molecule has 1 aromatic carbocycles. The van der Waals surface area contributed by atoms with E-state index < -0.39 is 11.6 Å². The largest absolute Gasteiger partial charge is 0.352 e. The molecule has 1 saturated carbocycles. The first kappa shape index (κ1) is 18.8. The van der Waals surface area contributed by atoms with Gasteiger partial charge in [0.05, 0.1) is 5.92 Å². The Hall–Kier alpha value is -1.98. The van der Waals surface area contributed by atoms with Gasteiger partial charge in [0.25, 0.3) is 0 Å². The molecule has 2 amide bonds. The number of rotatable bonds is 5. The lowest BCUT2D eigenvalue weighted by atomic mass is 9.87. The second kappa shape index (κ2) is 8.60. The fourth-order valence-electron chi connectivity index (χ4n) is 3.97. The summed E-state index contributed by atoms with van der Waals surface area (Å²) in [6.45, 7) is 1.37. The van der Waals surface area contributed by atoms with Crippen LogP contribution < -0.4 is 5.32 Å². The number of piperidine rings is 1. The molecule has 4 nitrogen and oxygen atoms in total. The van der Waals surface area contributed by atoms with Crippen molar-refractivity contribution in [1.29, 1.82) is 0 Å². The van der Waals surface area contributed by atoms with Crippen molar-refractivity contribution in [2.24, 2.45) is 11.8 Å². The third kappa shape index (κ3) is 4.80. The smallest absolute Gasteiger partial charge is 0.225 e. The van der Waals surface area contributed by atoms with Crippen molar-refractivity contribution in [3.8, 4) is 0 Å². The summed E-state index contributed by atoms with van der Waals surface area (Å²) < 4.78 is 26.2. The van der Waals surface area contributed by atoms with Gasteiger partial charge < -0.3 is 10.2 Å². The minimum Gasteiger partial charge on any atom is -0.352 e. The number of halogens is 2. The van der Waals surface area contributed by atoms with E-state index >= 15 is 0 Å². The second-order valence-electron chi connectivity index (χ2n) is 7.50. The SMILES string of the molecule is O=C(NCc1ccc(F)c(F)c1)[C@H]1CCC(=O)N(CC2CCCCC2)C1. The standard InChI is InChI=1S/C20H26F2N2O2/c21-17-8-6-15(10-18(17)22)11-23-20(26)16-7-9-19(25)24(13-16)12-14-4-2-1-3-5-14/h6,8,10,14,16H,1-5,7,9,11-13H2,(H,23,26)/t16-/m0/s1. The molecule has 3 rings (SSSR count). The van der Waals surface area contributed by atoms with Gasteiger partial charge in [0, 0.05) is 26.1 Å². The van der Waals surface area contributed by atoms with Crippen molar-refractivity contribution in [3.63, 3.8) is 0 Å². The van der Waals surface area contributed by atoms with E-state index in [4.69, 9.17) is 0 Å². The average molecular weight is 364 g/mol. The minimum atomic E-state index is -0.918. The van der Waals surface area contributed by atoms with Crippen molar-refractivity contribution in [2.75, 3.05) is 13.1 Å². The van der Waals surface area contributed by atoms with Crippen LogP contribution in [0.2, 0.25) is 0 Å². The second-order valence-corrected chi connectivity index (χ2v) is 7.50. The topological polar surface area (TPSA) is 49.4 Å². The summed E-state index contributed by atoms with van der Waals surface area (Å²) in [5, 5.41) is 2.79. The number of hydrogen-bond acceptors (Lipinski definition) is 2. The van der Waals surface area contributed by atoms with Crippen LogP contribution in [-0.2, 0) is 16.1 Å². The predicted octanol–water partition coefficient (Wildman–Crippen LogP) is 3.40. The molecule has 0 spiro atoms. The number of carbonyl (C=O) groups is 2. The maximum absolute atomic E-state index is 13.2. The Kier molecular flexibility index (Phi) is 6.22. The first-order valence-corrected chi connectivity index (χ1v) is 9.52. The lowest BCUT2D eigenvalue weighted by Crippen LogP contribution is -2.47. The van der Waals surface area contributed by atoms with Gasteiger partial charge in [0.1, 0.15) is 0 Å². The third-order valence-corrected chi connectivity index (χ3v) is 5.53. The van der Waals surface area contributed by atoms with Crippen molar-refractivity contribution in [3.05, 3.63) is 35.4 Å². The van der Waals surface area contributed by atoms with E-state index in [1.165, 1.54) is 25.3 Å². The molecular formula is C20H26F2N2O2. The van der Waals surface area contributed by atoms with E-state index in [1.54, 1.807) is 0 Å². The molecule has 2 aliphatic rings. The molecule has 1 atom stereocenters. The number of amides is 2. The number of hydrogen-bond donors (Lipinski definition) is 1. The molecular weight excluding hydrogens is 338 g/mol. The zero-order valence-corrected chi connectivity index (χ0v) is 15.0. The molecule has 0 radical (unpaired) electrons. The molecule has 1 heterocycles. The first-order valence-electron chi connectivity index (χ1n) is 9.52. The Morgan fingerprint density at radius 2 is 1.88 bits per heavy atom. The van der Waals surface area contributed by atoms with E-state index in [0.29, 0.717) is 30.9 Å². The lowest BCUT2D eigenvalue weighted by molar-refractivity contribution is -0.139. The van der Waals surface area contributed by atoms with Gasteiger partial charge in [-0.05, 0) is 42.9 Å². The highest BCUT2D eigenvalue weighted by Crippen LogP contribution is 2.27. The summed E-state index contributed by atoms with van der Waals surface area (Å²) in [7, 11) is 0. The van der Waals surface area contributed by atoms with Crippen LogP contribution in [0.3, 0.4) is 0 Å². The van der Waals surface area contributed by atoms with Crippen LogP contribution in [-0.4, -0.2) is 29.8 Å². The van der Waals surface area contributed by atoms with Crippen LogP contribution in [0.4, 0.5) is 8.78 Å². The highest BCUT2D eigenvalue weighted by Gasteiger charge is 2.31. The van der Waals surface area contributed by atoms with Gasteiger partial charge >= 0.3 is 0 Å². The first-order chi connectivity index (χ1) is 12.5. The molecule has 6 heteroatoms. The monoisotopic (exact) mass is 364 g/mol. The van der Waals surface area contributed by atoms with E-state index in [-0.39, 0.29) is 24.3 Å². The Morgan fingerprint density at radius 3 is 2.62 bits per heavy atom. The fourth-order valence-corrected chi connectivity index (χ4v) is 3.97. The summed E-state index contributed by atoms with van der Waals surface area (Å²) in [5.41, 5.74) is 0.517. The maximum atomic E-state index is 13.2. The van der Waals surface area contributed by atoms with Crippen LogP contribution in [0.25, 0.3) is 0 Å². The van der Waals surface area contributed by atoms with E-state index in [1.807, 2.05) is 4.90 Å². The van der Waals surface area contributed by atoms with Crippen LogP contribution in [0.1, 0.15) is 50.5 Å². The quantitative estimate of drug-likeness (QED) is 0.871. The van der Waals surface area contributed by atoms with E-state index in [9.17, 15) is 18.4 Å². The van der Waals surface area contributed by atoms with Gasteiger partial charge in [-0.2, -0.15) is 0 Å². The lowest BCUT2D eigenvalue weighted by Gasteiger charge is -2.35. The molecule has 26 heavy (non-hydrogen) atoms. The number of nitrogens with one attached hydrogen (secondary N) is 1. The number of nitrogens with zero attached hydrogens (tertiary/aromatic N) is 1. The molecule has 1 N–H and O–H groups in total. The Labute approximate surface area is 152 Å². The molecule has 0 bridgehead atoms. The van der Waals surface area contributed by atoms with Crippen LogP contribution in [0, 0.1) is 23.5 Å². The maximum Gasteiger partial charge on any atom is 0.225 e. The predicted molar refractivity (Wildman–Crippen MR) is 94.1 cm³/mol. The molecule has 1 aromatic rings. The highest BCUT2D eigenvalue weighted by molar-refractivity contribution is 5.83. The van der Waals surface area contributed by atoms with Gasteiger partial charge in [-0.1, -0.05) is 25.3 Å². The summed E-state index contributed by atoms with van der Waals surface area (Å²) >= 11 is 0. The van der Waals surface area contributed by atoms with Gasteiger partial charge in [-0.3, -0.25) is 9.59 Å². The normalized spacial score (nSPS) is 21.7. The van der Waals surface area contributed by atoms with E-state index in [2.05, 4.69) is 5.32 Å². The van der Waals surface area contributed by atoms with Gasteiger partial charge in [-0.15, -0.1) is 0 Å². The third-order valence-electron chi connectivity index (χ3n) is 5.53.